The summed E-state index contributed by atoms with van der Waals surface area (Å²) in [6.45, 7) is 1.69. The van der Waals surface area contributed by atoms with E-state index in [1.807, 2.05) is 24.3 Å². The second-order valence-corrected chi connectivity index (χ2v) is 6.84. The number of fused-ring (bicyclic) bond motifs is 1. The Balaban J connectivity index is 1.71. The van der Waals surface area contributed by atoms with Gasteiger partial charge in [-0.3, -0.25) is 9.48 Å². The number of nitrogens with zero attached hydrogens (tertiary/aromatic N) is 2. The van der Waals surface area contributed by atoms with Crippen LogP contribution < -0.4 is 5.32 Å². The van der Waals surface area contributed by atoms with Crippen LogP contribution in [0.3, 0.4) is 0 Å². The van der Waals surface area contributed by atoms with Gasteiger partial charge in [0.25, 0.3) is 5.91 Å². The molecule has 0 aliphatic rings. The zero-order valence-corrected chi connectivity index (χ0v) is 15.8. The Hall–Kier alpha value is -3.12. The number of furan rings is 1. The van der Waals surface area contributed by atoms with Crippen molar-refractivity contribution in [3.05, 3.63) is 82.3 Å². The maximum atomic E-state index is 12.7. The van der Waals surface area contributed by atoms with Crippen molar-refractivity contribution >= 4 is 34.2 Å². The van der Waals surface area contributed by atoms with Gasteiger partial charge >= 0.3 is 0 Å². The van der Waals surface area contributed by atoms with Crippen LogP contribution in [0.1, 0.15) is 27.2 Å². The molecule has 2 aromatic carbocycles. The van der Waals surface area contributed by atoms with Gasteiger partial charge in [-0.05, 0) is 36.2 Å². The minimum Gasteiger partial charge on any atom is -0.469 e. The molecule has 5 nitrogen and oxygen atoms in total. The molecule has 142 valence electrons. The standard InChI is InChI=1S/C21H17ClFN3O2/c1-13-16(9-10-28-13)21(27)24-20-19-17(22)3-2-4-18(19)26(25-20)12-15-7-5-14(11-23)6-8-15/h2-10H,11-12H2,1H3,(H,24,25,27). The highest BCUT2D eigenvalue weighted by molar-refractivity contribution is 6.36. The molecule has 1 N–H and O–H groups in total. The molecule has 2 aromatic heterocycles. The van der Waals surface area contributed by atoms with Crippen LogP contribution in [-0.4, -0.2) is 15.7 Å². The van der Waals surface area contributed by atoms with Gasteiger partial charge in [-0.1, -0.05) is 41.9 Å². The number of hydrogen-bond donors (Lipinski definition) is 1. The number of aromatic nitrogens is 2. The predicted molar refractivity (Wildman–Crippen MR) is 106 cm³/mol. The molecule has 0 spiro atoms. The zero-order valence-electron chi connectivity index (χ0n) is 15.1. The monoisotopic (exact) mass is 397 g/mol. The highest BCUT2D eigenvalue weighted by atomic mass is 35.5. The van der Waals surface area contributed by atoms with Crippen molar-refractivity contribution in [1.29, 1.82) is 0 Å². The van der Waals surface area contributed by atoms with Crippen LogP contribution in [0, 0.1) is 6.92 Å². The molecule has 0 aliphatic heterocycles. The highest BCUT2D eigenvalue weighted by Gasteiger charge is 2.18. The van der Waals surface area contributed by atoms with Crippen molar-refractivity contribution in [2.24, 2.45) is 0 Å². The zero-order chi connectivity index (χ0) is 19.7. The molecular weight excluding hydrogens is 381 g/mol. The molecule has 1 amide bonds. The minimum absolute atomic E-state index is 0.315. The third kappa shape index (κ3) is 3.39. The van der Waals surface area contributed by atoms with Gasteiger partial charge in [0.1, 0.15) is 12.4 Å². The van der Waals surface area contributed by atoms with E-state index >= 15 is 0 Å². The van der Waals surface area contributed by atoms with E-state index in [-0.39, 0.29) is 5.91 Å². The Morgan fingerprint density at radius 3 is 2.61 bits per heavy atom. The summed E-state index contributed by atoms with van der Waals surface area (Å²) >= 11 is 6.39. The van der Waals surface area contributed by atoms with Crippen molar-refractivity contribution in [3.63, 3.8) is 0 Å². The fourth-order valence-electron chi connectivity index (χ4n) is 3.10. The third-order valence-electron chi connectivity index (χ3n) is 4.57. The maximum absolute atomic E-state index is 12.7. The van der Waals surface area contributed by atoms with Crippen molar-refractivity contribution < 1.29 is 13.6 Å². The molecule has 0 unspecified atom stereocenters. The Morgan fingerprint density at radius 1 is 1.18 bits per heavy atom. The van der Waals surface area contributed by atoms with Gasteiger partial charge in [0, 0.05) is 0 Å². The third-order valence-corrected chi connectivity index (χ3v) is 4.89. The smallest absolute Gasteiger partial charge is 0.260 e. The van der Waals surface area contributed by atoms with Gasteiger partial charge in [0.15, 0.2) is 5.82 Å². The Morgan fingerprint density at radius 2 is 1.93 bits per heavy atom. The van der Waals surface area contributed by atoms with E-state index in [0.717, 1.165) is 11.1 Å². The van der Waals surface area contributed by atoms with Crippen LogP contribution >= 0.6 is 11.6 Å². The first-order chi connectivity index (χ1) is 13.6. The first-order valence-corrected chi connectivity index (χ1v) is 9.09. The number of rotatable bonds is 5. The van der Waals surface area contributed by atoms with Crippen molar-refractivity contribution in [1.82, 2.24) is 9.78 Å². The SMILES string of the molecule is Cc1occc1C(=O)Nc1nn(Cc2ccc(CF)cc2)c2cccc(Cl)c12. The second-order valence-electron chi connectivity index (χ2n) is 6.43. The molecular formula is C21H17ClFN3O2. The molecule has 4 aromatic rings. The Kier molecular flexibility index (Phi) is 4.88. The predicted octanol–water partition coefficient (Wildman–Crippen LogP) is 5.36. The number of carbonyl (C=O) groups excluding carboxylic acids is 1. The van der Waals surface area contributed by atoms with Crippen LogP contribution in [0.2, 0.25) is 5.02 Å². The summed E-state index contributed by atoms with van der Waals surface area (Å²) < 4.78 is 19.7. The number of alkyl halides is 1. The number of aryl methyl sites for hydroxylation is 1. The van der Waals surface area contributed by atoms with Crippen molar-refractivity contribution in [2.45, 2.75) is 20.1 Å². The molecule has 0 fully saturated rings. The summed E-state index contributed by atoms with van der Waals surface area (Å²) in [4.78, 5) is 12.6. The summed E-state index contributed by atoms with van der Waals surface area (Å²) in [5.41, 5.74) is 2.82. The molecule has 0 bridgehead atoms. The van der Waals surface area contributed by atoms with Crippen LogP contribution in [0.25, 0.3) is 10.9 Å². The van der Waals surface area contributed by atoms with Gasteiger partial charge in [0.05, 0.1) is 34.3 Å². The van der Waals surface area contributed by atoms with Gasteiger partial charge < -0.3 is 9.73 Å². The van der Waals surface area contributed by atoms with E-state index in [1.54, 1.807) is 35.9 Å². The molecule has 4 rings (SSSR count). The number of nitrogens with one attached hydrogen (secondary N) is 1. The summed E-state index contributed by atoms with van der Waals surface area (Å²) in [6, 6.07) is 14.3. The highest BCUT2D eigenvalue weighted by Crippen LogP contribution is 2.31. The van der Waals surface area contributed by atoms with Crippen LogP contribution in [0.15, 0.2) is 59.2 Å². The summed E-state index contributed by atoms with van der Waals surface area (Å²) in [7, 11) is 0. The number of carbonyl (C=O) groups is 1. The average Bonchev–Trinajstić information content (AvgIpc) is 3.27. The lowest BCUT2D eigenvalue weighted by molar-refractivity contribution is 0.102. The molecule has 0 aliphatic carbocycles. The quantitative estimate of drug-likeness (QED) is 0.493. The lowest BCUT2D eigenvalue weighted by Gasteiger charge is -2.05. The van der Waals surface area contributed by atoms with Crippen LogP contribution in [-0.2, 0) is 13.2 Å². The van der Waals surface area contributed by atoms with E-state index in [4.69, 9.17) is 16.0 Å². The van der Waals surface area contributed by atoms with E-state index in [9.17, 15) is 9.18 Å². The lowest BCUT2D eigenvalue weighted by atomic mass is 10.1. The van der Waals surface area contributed by atoms with E-state index in [0.29, 0.717) is 39.7 Å². The molecule has 2 heterocycles. The number of amides is 1. The molecule has 0 radical (unpaired) electrons. The fourth-order valence-corrected chi connectivity index (χ4v) is 3.36. The van der Waals surface area contributed by atoms with E-state index in [2.05, 4.69) is 10.4 Å². The van der Waals surface area contributed by atoms with E-state index in [1.165, 1.54) is 6.26 Å². The minimum atomic E-state index is -0.496. The fraction of sp³-hybridized carbons (Fsp3) is 0.143. The number of halogens is 2. The molecule has 28 heavy (non-hydrogen) atoms. The van der Waals surface area contributed by atoms with Gasteiger partial charge in [-0.25, -0.2) is 4.39 Å². The van der Waals surface area contributed by atoms with Crippen molar-refractivity contribution in [2.75, 3.05) is 5.32 Å². The Bertz CT molecular complexity index is 1150. The number of hydrogen-bond acceptors (Lipinski definition) is 3. The summed E-state index contributed by atoms with van der Waals surface area (Å²) in [5, 5.41) is 8.55. The lowest BCUT2D eigenvalue weighted by Crippen LogP contribution is -2.13. The van der Waals surface area contributed by atoms with E-state index < -0.39 is 6.67 Å². The first kappa shape index (κ1) is 18.3. The molecule has 7 heteroatoms. The Labute approximate surface area is 165 Å². The topological polar surface area (TPSA) is 60.1 Å². The van der Waals surface area contributed by atoms with Crippen LogP contribution in [0.5, 0.6) is 0 Å². The molecule has 0 saturated carbocycles. The first-order valence-electron chi connectivity index (χ1n) is 8.71. The normalized spacial score (nSPS) is 11.1. The number of anilines is 1. The largest absolute Gasteiger partial charge is 0.469 e. The van der Waals surface area contributed by atoms with Gasteiger partial charge in [-0.15, -0.1) is 0 Å². The summed E-state index contributed by atoms with van der Waals surface area (Å²) in [5.74, 6) is 0.594. The molecule has 0 saturated heterocycles. The van der Waals surface area contributed by atoms with Gasteiger partial charge in [0.2, 0.25) is 0 Å². The van der Waals surface area contributed by atoms with Crippen LogP contribution in [0.4, 0.5) is 10.2 Å². The van der Waals surface area contributed by atoms with Gasteiger partial charge in [-0.2, -0.15) is 5.10 Å². The number of benzene rings is 2. The molecule has 0 atom stereocenters. The van der Waals surface area contributed by atoms with Crippen molar-refractivity contribution in [3.8, 4) is 0 Å². The second kappa shape index (κ2) is 7.48. The summed E-state index contributed by atoms with van der Waals surface area (Å²) in [6.07, 6.45) is 1.47. The average molecular weight is 398 g/mol. The maximum Gasteiger partial charge on any atom is 0.260 e.